The summed E-state index contributed by atoms with van der Waals surface area (Å²) in [6.07, 6.45) is -8.04. The minimum atomic E-state index is -1.62. The van der Waals surface area contributed by atoms with Gasteiger partial charge in [0.2, 0.25) is 5.75 Å². The van der Waals surface area contributed by atoms with E-state index < -0.39 is 49.3 Å². The van der Waals surface area contributed by atoms with Crippen molar-refractivity contribution in [1.29, 1.82) is 0 Å². The summed E-state index contributed by atoms with van der Waals surface area (Å²) in [7, 11) is 4.15. The van der Waals surface area contributed by atoms with Gasteiger partial charge in [0.15, 0.2) is 29.3 Å². The van der Waals surface area contributed by atoms with E-state index in [0.29, 0.717) is 16.7 Å². The number of methoxy groups -OCH3 is 3. The molecule has 0 radical (unpaired) electrons. The molecule has 0 aromatic heterocycles. The van der Waals surface area contributed by atoms with Crippen molar-refractivity contribution in [2.75, 3.05) is 34.5 Å². The Bertz CT molecular complexity index is 1050. The van der Waals surface area contributed by atoms with Gasteiger partial charge in [-0.3, -0.25) is 0 Å². The summed E-state index contributed by atoms with van der Waals surface area (Å²) in [5.74, 6) is -0.600. The van der Waals surface area contributed by atoms with Crippen LogP contribution in [0.3, 0.4) is 0 Å². The maximum Gasteiger partial charge on any atom is 0.200 e. The predicted octanol–water partition coefficient (Wildman–Crippen LogP) is 0.320. The minimum absolute atomic E-state index is 0.122. The van der Waals surface area contributed by atoms with Gasteiger partial charge >= 0.3 is 0 Å². The summed E-state index contributed by atoms with van der Waals surface area (Å²) in [6.45, 7) is 0.759. The van der Waals surface area contributed by atoms with E-state index in [4.69, 9.17) is 23.7 Å². The van der Waals surface area contributed by atoms with Gasteiger partial charge in [0.25, 0.3) is 0 Å². The molecule has 1 aliphatic heterocycles. The number of benzene rings is 2. The van der Waals surface area contributed by atoms with Gasteiger partial charge in [-0.2, -0.15) is 0 Å². The van der Waals surface area contributed by atoms with Crippen LogP contribution < -0.4 is 14.2 Å². The Morgan fingerprint density at radius 2 is 1.42 bits per heavy atom. The molecule has 7 N–H and O–H groups in total. The number of ether oxygens (including phenoxy) is 5. The van der Waals surface area contributed by atoms with Gasteiger partial charge in [-0.05, 0) is 48.7 Å². The molecule has 1 aliphatic rings. The van der Waals surface area contributed by atoms with Crippen molar-refractivity contribution in [3.63, 3.8) is 0 Å². The van der Waals surface area contributed by atoms with Crippen molar-refractivity contribution in [3.05, 3.63) is 41.0 Å². The number of rotatable bonds is 11. The lowest BCUT2D eigenvalue weighted by Crippen LogP contribution is -2.59. The Morgan fingerprint density at radius 3 is 1.95 bits per heavy atom. The van der Waals surface area contributed by atoms with Crippen LogP contribution in [0.2, 0.25) is 0 Å². The zero-order chi connectivity index (χ0) is 28.1. The molecule has 3 rings (SSSR count). The second-order valence-electron chi connectivity index (χ2n) is 9.12. The third kappa shape index (κ3) is 6.24. The molecule has 38 heavy (non-hydrogen) atoms. The molecule has 2 aromatic rings. The molecule has 0 aliphatic carbocycles. The molecule has 0 saturated carbocycles. The maximum absolute atomic E-state index is 11.0. The van der Waals surface area contributed by atoms with E-state index in [1.54, 1.807) is 25.1 Å². The van der Waals surface area contributed by atoms with Crippen molar-refractivity contribution < 1.29 is 59.4 Å². The topological polar surface area (TPSA) is 188 Å². The highest BCUT2D eigenvalue weighted by molar-refractivity contribution is 5.54. The Kier molecular flexibility index (Phi) is 10.0. The number of phenols is 2. The highest BCUT2D eigenvalue weighted by atomic mass is 16.7. The van der Waals surface area contributed by atoms with Crippen LogP contribution in [-0.2, 0) is 15.9 Å². The molecule has 12 nitrogen and oxygen atoms in total. The lowest BCUT2D eigenvalue weighted by atomic mass is 9.89. The number of aliphatic hydroxyl groups is 5. The summed E-state index contributed by atoms with van der Waals surface area (Å²) < 4.78 is 27.1. The molecule has 7 atom stereocenters. The van der Waals surface area contributed by atoms with Gasteiger partial charge < -0.3 is 59.4 Å². The Hall–Kier alpha value is -2.84. The van der Waals surface area contributed by atoms with Crippen LogP contribution >= 0.6 is 0 Å². The first-order valence-electron chi connectivity index (χ1n) is 12.0. The second kappa shape index (κ2) is 12.8. The molecule has 0 spiro atoms. The molecule has 2 aromatic carbocycles. The van der Waals surface area contributed by atoms with Gasteiger partial charge in [-0.15, -0.1) is 0 Å². The maximum atomic E-state index is 11.0. The molecule has 1 saturated heterocycles. The smallest absolute Gasteiger partial charge is 0.200 e. The number of phenolic OH excluding ortho intramolecular Hbond substituents is 2. The van der Waals surface area contributed by atoms with Crippen LogP contribution in [0.25, 0.3) is 0 Å². The Morgan fingerprint density at radius 1 is 0.842 bits per heavy atom. The number of aromatic hydroxyl groups is 2. The van der Waals surface area contributed by atoms with Crippen LogP contribution in [0, 0.1) is 0 Å². The number of aliphatic hydroxyl groups excluding tert-OH is 5. The van der Waals surface area contributed by atoms with Crippen molar-refractivity contribution in [2.45, 2.75) is 56.1 Å². The Labute approximate surface area is 220 Å². The number of hydrogen-bond donors (Lipinski definition) is 7. The van der Waals surface area contributed by atoms with Crippen LogP contribution in [0.5, 0.6) is 28.7 Å². The standard InChI is InChI=1S/C26H36O12/c1-12(28)14-8-16(21(29)19(9-14)36-4)15(5-13-6-17(34-2)22(30)18(7-13)35-3)11-37-26-25(33)24(32)23(31)20(10-27)38-26/h6-9,12,15,20,23-33H,5,10-11H2,1-4H3/t12-,15-,20-,23-,24+,25-,26-/m1/s1. The first kappa shape index (κ1) is 29.7. The lowest BCUT2D eigenvalue weighted by molar-refractivity contribution is -0.301. The van der Waals surface area contributed by atoms with Gasteiger partial charge in [0, 0.05) is 11.5 Å². The summed E-state index contributed by atoms with van der Waals surface area (Å²) in [4.78, 5) is 0. The molecule has 212 valence electrons. The van der Waals surface area contributed by atoms with E-state index in [1.807, 2.05) is 0 Å². The van der Waals surface area contributed by atoms with Crippen LogP contribution in [-0.4, -0.2) is 101 Å². The van der Waals surface area contributed by atoms with Crippen LogP contribution in [0.4, 0.5) is 0 Å². The molecular formula is C26H36O12. The second-order valence-corrected chi connectivity index (χ2v) is 9.12. The molecule has 0 bridgehead atoms. The quantitative estimate of drug-likeness (QED) is 0.207. The van der Waals surface area contributed by atoms with Crippen molar-refractivity contribution in [1.82, 2.24) is 0 Å². The van der Waals surface area contributed by atoms with Crippen LogP contribution in [0.15, 0.2) is 24.3 Å². The van der Waals surface area contributed by atoms with Crippen molar-refractivity contribution >= 4 is 0 Å². The van der Waals surface area contributed by atoms with E-state index in [2.05, 4.69) is 0 Å². The zero-order valence-electron chi connectivity index (χ0n) is 21.6. The number of hydrogen-bond acceptors (Lipinski definition) is 12. The highest BCUT2D eigenvalue weighted by Crippen LogP contribution is 2.42. The summed E-state index contributed by atoms with van der Waals surface area (Å²) in [5.41, 5.74) is 1.43. The molecule has 12 heteroatoms. The fourth-order valence-corrected chi connectivity index (χ4v) is 4.38. The Balaban J connectivity index is 2.01. The van der Waals surface area contributed by atoms with E-state index in [-0.39, 0.29) is 41.8 Å². The molecule has 0 unspecified atom stereocenters. The largest absolute Gasteiger partial charge is 0.504 e. The zero-order valence-corrected chi connectivity index (χ0v) is 21.6. The predicted molar refractivity (Wildman–Crippen MR) is 133 cm³/mol. The SMILES string of the molecule is COc1cc(C[C@H](CO[C@@H]2O[C@H](CO)[C@@H](O)[C@H](O)[C@H]2O)c2cc([C@@H](C)O)cc(OC)c2O)cc(OC)c1O. The molecule has 1 fully saturated rings. The van der Waals surface area contributed by atoms with Crippen molar-refractivity contribution in [2.24, 2.45) is 0 Å². The van der Waals surface area contributed by atoms with Gasteiger partial charge in [0.05, 0.1) is 40.6 Å². The third-order valence-electron chi connectivity index (χ3n) is 6.60. The van der Waals surface area contributed by atoms with E-state index in [1.165, 1.54) is 27.4 Å². The highest BCUT2D eigenvalue weighted by Gasteiger charge is 2.44. The molecular weight excluding hydrogens is 504 g/mol. The van der Waals surface area contributed by atoms with Gasteiger partial charge in [-0.1, -0.05) is 0 Å². The molecule has 0 amide bonds. The summed E-state index contributed by atoms with van der Waals surface area (Å²) in [5, 5.41) is 71.6. The summed E-state index contributed by atoms with van der Waals surface area (Å²) >= 11 is 0. The fourth-order valence-electron chi connectivity index (χ4n) is 4.38. The first-order chi connectivity index (χ1) is 18.1. The monoisotopic (exact) mass is 540 g/mol. The van der Waals surface area contributed by atoms with E-state index in [9.17, 15) is 35.7 Å². The fraction of sp³-hybridized carbons (Fsp3) is 0.538. The van der Waals surface area contributed by atoms with Gasteiger partial charge in [-0.25, -0.2) is 0 Å². The first-order valence-corrected chi connectivity index (χ1v) is 12.0. The van der Waals surface area contributed by atoms with Crippen LogP contribution in [0.1, 0.15) is 35.6 Å². The van der Waals surface area contributed by atoms with Gasteiger partial charge in [0.1, 0.15) is 24.4 Å². The average Bonchev–Trinajstić information content (AvgIpc) is 2.91. The minimum Gasteiger partial charge on any atom is -0.504 e. The van der Waals surface area contributed by atoms with E-state index in [0.717, 1.165) is 0 Å². The average molecular weight is 541 g/mol. The molecule has 1 heterocycles. The normalized spacial score (nSPS) is 25.0. The van der Waals surface area contributed by atoms with Crippen molar-refractivity contribution in [3.8, 4) is 28.7 Å². The lowest BCUT2D eigenvalue weighted by Gasteiger charge is -2.40. The third-order valence-corrected chi connectivity index (χ3v) is 6.60. The summed E-state index contributed by atoms with van der Waals surface area (Å²) in [6, 6.07) is 6.28. The van der Waals surface area contributed by atoms with E-state index >= 15 is 0 Å².